The largest absolute Gasteiger partial charge is 0.347 e. The van der Waals surface area contributed by atoms with Gasteiger partial charge in [-0.1, -0.05) is 0 Å². The maximum Gasteiger partial charge on any atom is 0.241 e. The van der Waals surface area contributed by atoms with Gasteiger partial charge in [-0.25, -0.2) is 0 Å². The molecule has 0 fully saturated rings. The van der Waals surface area contributed by atoms with Gasteiger partial charge in [0.05, 0.1) is 6.54 Å². The van der Waals surface area contributed by atoms with Crippen LogP contribution in [-0.4, -0.2) is 42.6 Å². The minimum Gasteiger partial charge on any atom is -0.347 e. The zero-order valence-corrected chi connectivity index (χ0v) is 8.93. The third-order valence-electron chi connectivity index (χ3n) is 1.68. The molecule has 0 radical (unpaired) electrons. The van der Waals surface area contributed by atoms with Crippen LogP contribution in [-0.2, 0) is 9.59 Å². The lowest BCUT2D eigenvalue weighted by molar-refractivity contribution is -0.131. The van der Waals surface area contributed by atoms with E-state index in [0.29, 0.717) is 18.7 Å². The molecule has 0 saturated heterocycles. The van der Waals surface area contributed by atoms with Crippen molar-refractivity contribution in [2.24, 2.45) is 0 Å². The number of hydrogen-bond donors (Lipinski definition) is 2. The summed E-state index contributed by atoms with van der Waals surface area (Å²) in [6.45, 7) is 2.62. The van der Waals surface area contributed by atoms with Crippen LogP contribution < -0.4 is 5.32 Å². The van der Waals surface area contributed by atoms with Gasteiger partial charge in [-0.15, -0.1) is 0 Å². The van der Waals surface area contributed by atoms with Crippen molar-refractivity contribution in [1.82, 2.24) is 10.2 Å². The van der Waals surface area contributed by atoms with E-state index in [1.165, 1.54) is 0 Å². The highest BCUT2D eigenvalue weighted by molar-refractivity contribution is 7.80. The number of likely N-dealkylation sites (N-methyl/N-ethyl adjacent to an activating group) is 1. The molecule has 0 aromatic rings. The number of nitrogens with one attached hydrogen (secondary N) is 1. The summed E-state index contributed by atoms with van der Waals surface area (Å²) in [7, 11) is 1.70. The standard InChI is InChI=1S/C8H16N2O2S/c1-3-10(2)8(12)6-9-7(11)4-5-13/h13H,3-6H2,1-2H3,(H,9,11). The van der Waals surface area contributed by atoms with Crippen LogP contribution in [0.5, 0.6) is 0 Å². The van der Waals surface area contributed by atoms with E-state index in [1.54, 1.807) is 11.9 Å². The van der Waals surface area contributed by atoms with E-state index in [0.717, 1.165) is 0 Å². The number of amides is 2. The molecule has 76 valence electrons. The lowest BCUT2D eigenvalue weighted by atomic mass is 10.4. The lowest BCUT2D eigenvalue weighted by Gasteiger charge is -2.14. The van der Waals surface area contributed by atoms with Gasteiger partial charge in [-0.05, 0) is 12.7 Å². The summed E-state index contributed by atoms with van der Waals surface area (Å²) in [6, 6.07) is 0. The SMILES string of the molecule is CCN(C)C(=O)CNC(=O)CCS. The van der Waals surface area contributed by atoms with E-state index < -0.39 is 0 Å². The monoisotopic (exact) mass is 204 g/mol. The maximum atomic E-state index is 11.2. The number of hydrogen-bond acceptors (Lipinski definition) is 3. The van der Waals surface area contributed by atoms with E-state index in [1.807, 2.05) is 6.92 Å². The number of rotatable bonds is 5. The quantitative estimate of drug-likeness (QED) is 0.614. The smallest absolute Gasteiger partial charge is 0.241 e. The van der Waals surface area contributed by atoms with Crippen molar-refractivity contribution in [3.05, 3.63) is 0 Å². The number of carbonyl (C=O) groups is 2. The van der Waals surface area contributed by atoms with Gasteiger partial charge >= 0.3 is 0 Å². The summed E-state index contributed by atoms with van der Waals surface area (Å²) < 4.78 is 0. The van der Waals surface area contributed by atoms with Crippen molar-refractivity contribution in [2.75, 3.05) is 25.9 Å². The summed E-state index contributed by atoms with van der Waals surface area (Å²) in [5.74, 6) is 0.298. The topological polar surface area (TPSA) is 49.4 Å². The minimum atomic E-state index is -0.132. The number of thiol groups is 1. The van der Waals surface area contributed by atoms with Crippen molar-refractivity contribution < 1.29 is 9.59 Å². The fraction of sp³-hybridized carbons (Fsp3) is 0.750. The molecular formula is C8H16N2O2S. The molecule has 4 nitrogen and oxygen atoms in total. The molecular weight excluding hydrogens is 188 g/mol. The average molecular weight is 204 g/mol. The molecule has 0 aliphatic carbocycles. The highest BCUT2D eigenvalue weighted by Crippen LogP contribution is 1.85. The first kappa shape index (κ1) is 12.3. The van der Waals surface area contributed by atoms with E-state index in [-0.39, 0.29) is 18.4 Å². The summed E-state index contributed by atoms with van der Waals surface area (Å²) in [4.78, 5) is 23.7. The molecule has 0 saturated carbocycles. The molecule has 0 aromatic heterocycles. The van der Waals surface area contributed by atoms with E-state index in [2.05, 4.69) is 17.9 Å². The summed E-state index contributed by atoms with van der Waals surface area (Å²) in [6.07, 6.45) is 0.353. The molecule has 0 atom stereocenters. The Hall–Kier alpha value is -0.710. The first-order valence-corrected chi connectivity index (χ1v) is 4.86. The summed E-state index contributed by atoms with van der Waals surface area (Å²) in [5, 5.41) is 2.52. The molecule has 0 aliphatic rings. The van der Waals surface area contributed by atoms with Crippen LogP contribution in [0.25, 0.3) is 0 Å². The van der Waals surface area contributed by atoms with Crippen LogP contribution in [0, 0.1) is 0 Å². The Morgan fingerprint density at radius 3 is 2.54 bits per heavy atom. The van der Waals surface area contributed by atoms with Gasteiger partial charge < -0.3 is 10.2 Å². The van der Waals surface area contributed by atoms with E-state index >= 15 is 0 Å². The highest BCUT2D eigenvalue weighted by atomic mass is 32.1. The second-order valence-electron chi connectivity index (χ2n) is 2.66. The number of nitrogens with zero attached hydrogens (tertiary/aromatic N) is 1. The molecule has 0 unspecified atom stereocenters. The van der Waals surface area contributed by atoms with Gasteiger partial charge in [0.1, 0.15) is 0 Å². The minimum absolute atomic E-state index is 0.0741. The molecule has 2 amide bonds. The Bertz CT molecular complexity index is 185. The van der Waals surface area contributed by atoms with Crippen LogP contribution in [0.1, 0.15) is 13.3 Å². The van der Waals surface area contributed by atoms with Crippen molar-refractivity contribution in [1.29, 1.82) is 0 Å². The molecule has 5 heteroatoms. The maximum absolute atomic E-state index is 11.2. The van der Waals surface area contributed by atoms with Gasteiger partial charge in [0.15, 0.2) is 0 Å². The molecule has 1 N–H and O–H groups in total. The second kappa shape index (κ2) is 6.77. The summed E-state index contributed by atoms with van der Waals surface area (Å²) in [5.41, 5.74) is 0. The third kappa shape index (κ3) is 5.52. The van der Waals surface area contributed by atoms with Crippen molar-refractivity contribution >= 4 is 24.4 Å². The fourth-order valence-corrected chi connectivity index (χ4v) is 0.879. The predicted octanol–water partition coefficient (Wildman–Crippen LogP) is -0.0992. The van der Waals surface area contributed by atoms with Crippen LogP contribution >= 0.6 is 12.6 Å². The van der Waals surface area contributed by atoms with Crippen molar-refractivity contribution in [3.63, 3.8) is 0 Å². The van der Waals surface area contributed by atoms with E-state index in [4.69, 9.17) is 0 Å². The van der Waals surface area contributed by atoms with Gasteiger partial charge in [-0.2, -0.15) is 12.6 Å². The summed E-state index contributed by atoms with van der Waals surface area (Å²) >= 11 is 3.91. The molecule has 0 aromatic carbocycles. The Balaban J connectivity index is 3.63. The fourth-order valence-electron chi connectivity index (χ4n) is 0.675. The van der Waals surface area contributed by atoms with Crippen molar-refractivity contribution in [3.8, 4) is 0 Å². The number of carbonyl (C=O) groups excluding carboxylic acids is 2. The second-order valence-corrected chi connectivity index (χ2v) is 3.11. The van der Waals surface area contributed by atoms with Gasteiger partial charge in [0.2, 0.25) is 11.8 Å². The molecule has 0 aliphatic heterocycles. The molecule has 0 rings (SSSR count). The van der Waals surface area contributed by atoms with Crippen molar-refractivity contribution in [2.45, 2.75) is 13.3 Å². The van der Waals surface area contributed by atoms with Gasteiger partial charge in [0.25, 0.3) is 0 Å². The molecule has 0 bridgehead atoms. The van der Waals surface area contributed by atoms with Gasteiger partial charge in [0, 0.05) is 20.0 Å². The third-order valence-corrected chi connectivity index (χ3v) is 1.90. The zero-order chi connectivity index (χ0) is 10.3. The first-order chi connectivity index (χ1) is 6.11. The first-order valence-electron chi connectivity index (χ1n) is 4.23. The highest BCUT2D eigenvalue weighted by Gasteiger charge is 2.07. The predicted molar refractivity (Wildman–Crippen MR) is 54.8 cm³/mol. The van der Waals surface area contributed by atoms with Crippen LogP contribution in [0.2, 0.25) is 0 Å². The molecule has 0 heterocycles. The normalized spacial score (nSPS) is 9.46. The Morgan fingerprint density at radius 2 is 2.08 bits per heavy atom. The van der Waals surface area contributed by atoms with Crippen LogP contribution in [0.4, 0.5) is 0 Å². The lowest BCUT2D eigenvalue weighted by Crippen LogP contribution is -2.38. The Morgan fingerprint density at radius 1 is 1.46 bits per heavy atom. The Labute approximate surface area is 84.1 Å². The average Bonchev–Trinajstić information content (AvgIpc) is 2.13. The van der Waals surface area contributed by atoms with Gasteiger partial charge in [-0.3, -0.25) is 9.59 Å². The zero-order valence-electron chi connectivity index (χ0n) is 8.04. The molecule has 0 spiro atoms. The van der Waals surface area contributed by atoms with Crippen LogP contribution in [0.3, 0.4) is 0 Å². The Kier molecular flexibility index (Phi) is 6.40. The van der Waals surface area contributed by atoms with Crippen LogP contribution in [0.15, 0.2) is 0 Å². The molecule has 13 heavy (non-hydrogen) atoms. The van der Waals surface area contributed by atoms with E-state index in [9.17, 15) is 9.59 Å².